The van der Waals surface area contributed by atoms with E-state index in [-0.39, 0.29) is 30.1 Å². The summed E-state index contributed by atoms with van der Waals surface area (Å²) < 4.78 is 31.4. The van der Waals surface area contributed by atoms with Crippen LogP contribution in [0.25, 0.3) is 0 Å². The summed E-state index contributed by atoms with van der Waals surface area (Å²) in [5.41, 5.74) is 0.413. The molecule has 1 amide bonds. The number of halogens is 1. The SMILES string of the molecule is CC(C)c1noc(N2CCC([C@H]3C[C@H]3CCOc3ccc(CC(=O)N(C)C4CCOCC4)c(F)c3)CC2)n1. The molecule has 3 aliphatic rings. The molecule has 9 heteroatoms. The molecule has 2 atom stereocenters. The lowest BCUT2D eigenvalue weighted by Gasteiger charge is -2.31. The Balaban J connectivity index is 1.01. The highest BCUT2D eigenvalue weighted by Gasteiger charge is 2.43. The van der Waals surface area contributed by atoms with Gasteiger partial charge in [0.15, 0.2) is 5.82 Å². The van der Waals surface area contributed by atoms with Crippen LogP contribution in [-0.4, -0.2) is 66.9 Å². The highest BCUT2D eigenvalue weighted by molar-refractivity contribution is 5.79. The predicted molar refractivity (Wildman–Crippen MR) is 142 cm³/mol. The Morgan fingerprint density at radius 3 is 2.66 bits per heavy atom. The average molecular weight is 529 g/mol. The lowest BCUT2D eigenvalue weighted by atomic mass is 9.90. The second-order valence-corrected chi connectivity index (χ2v) is 11.5. The summed E-state index contributed by atoms with van der Waals surface area (Å²) in [4.78, 5) is 21.2. The molecule has 2 saturated heterocycles. The summed E-state index contributed by atoms with van der Waals surface area (Å²) in [7, 11) is 1.80. The van der Waals surface area contributed by atoms with Gasteiger partial charge in [-0.25, -0.2) is 4.39 Å². The standard InChI is InChI=1S/C29H41FN4O4/c1-19(2)28-31-29(38-32-28)34-11-6-20(7-12-34)25-16-21(25)8-15-37-24-5-4-22(26(30)18-24)17-27(35)33(3)23-9-13-36-14-10-23/h4-5,18-21,23,25H,6-17H2,1-3H3/t21-,25-/m1/s1. The van der Waals surface area contributed by atoms with Crippen LogP contribution >= 0.6 is 0 Å². The number of ether oxygens (including phenoxy) is 2. The number of hydrogen-bond acceptors (Lipinski definition) is 7. The smallest absolute Gasteiger partial charge is 0.324 e. The Bertz CT molecular complexity index is 1080. The number of amides is 1. The van der Waals surface area contributed by atoms with Crippen LogP contribution in [0.1, 0.15) is 69.7 Å². The number of carbonyl (C=O) groups is 1. The highest BCUT2D eigenvalue weighted by atomic mass is 19.1. The largest absolute Gasteiger partial charge is 0.493 e. The molecule has 1 aliphatic carbocycles. The summed E-state index contributed by atoms with van der Waals surface area (Å²) in [6, 6.07) is 5.70. The maximum absolute atomic E-state index is 14.7. The molecule has 208 valence electrons. The molecular formula is C29H41FN4O4. The van der Waals surface area contributed by atoms with Gasteiger partial charge >= 0.3 is 6.01 Å². The van der Waals surface area contributed by atoms with Gasteiger partial charge in [0.05, 0.1) is 13.0 Å². The fourth-order valence-corrected chi connectivity index (χ4v) is 5.94. The van der Waals surface area contributed by atoms with E-state index in [9.17, 15) is 9.18 Å². The van der Waals surface area contributed by atoms with Crippen LogP contribution in [0.5, 0.6) is 5.75 Å². The molecule has 1 aromatic carbocycles. The van der Waals surface area contributed by atoms with Crippen molar-refractivity contribution in [3.63, 3.8) is 0 Å². The number of benzene rings is 1. The second kappa shape index (κ2) is 12.0. The van der Waals surface area contributed by atoms with Gasteiger partial charge in [-0.15, -0.1) is 0 Å². The minimum atomic E-state index is -0.381. The van der Waals surface area contributed by atoms with Gasteiger partial charge in [0, 0.05) is 51.4 Å². The van der Waals surface area contributed by atoms with E-state index in [1.54, 1.807) is 24.1 Å². The molecule has 0 radical (unpaired) electrons. The molecule has 3 heterocycles. The van der Waals surface area contributed by atoms with Gasteiger partial charge in [-0.05, 0) is 67.9 Å². The zero-order chi connectivity index (χ0) is 26.6. The van der Waals surface area contributed by atoms with Crippen molar-refractivity contribution in [2.24, 2.45) is 17.8 Å². The minimum absolute atomic E-state index is 0.0625. The molecule has 0 spiro atoms. The number of rotatable bonds is 10. The number of likely N-dealkylation sites (N-methyl/N-ethyl adjacent to an activating group) is 1. The topological polar surface area (TPSA) is 80.9 Å². The van der Waals surface area contributed by atoms with E-state index in [2.05, 4.69) is 28.9 Å². The zero-order valence-electron chi connectivity index (χ0n) is 22.9. The van der Waals surface area contributed by atoms with Gasteiger partial charge in [-0.3, -0.25) is 4.79 Å². The molecule has 3 fully saturated rings. The third-order valence-electron chi connectivity index (χ3n) is 8.60. The second-order valence-electron chi connectivity index (χ2n) is 11.5. The maximum Gasteiger partial charge on any atom is 0.324 e. The Morgan fingerprint density at radius 2 is 1.97 bits per heavy atom. The molecular weight excluding hydrogens is 487 g/mol. The Kier molecular flexibility index (Phi) is 8.51. The number of hydrogen-bond donors (Lipinski definition) is 0. The van der Waals surface area contributed by atoms with E-state index >= 15 is 0 Å². The summed E-state index contributed by atoms with van der Waals surface area (Å²) in [5, 5.41) is 4.09. The quantitative estimate of drug-likeness (QED) is 0.437. The minimum Gasteiger partial charge on any atom is -0.493 e. The third kappa shape index (κ3) is 6.47. The van der Waals surface area contributed by atoms with Crippen molar-refractivity contribution >= 4 is 11.9 Å². The van der Waals surface area contributed by atoms with Gasteiger partial charge in [0.1, 0.15) is 11.6 Å². The average Bonchev–Trinajstić information content (AvgIpc) is 3.52. The maximum atomic E-state index is 14.7. The zero-order valence-corrected chi connectivity index (χ0v) is 22.9. The van der Waals surface area contributed by atoms with Crippen molar-refractivity contribution < 1.29 is 23.2 Å². The normalized spacial score (nSPS) is 22.6. The molecule has 8 nitrogen and oxygen atoms in total. The monoisotopic (exact) mass is 528 g/mol. The van der Waals surface area contributed by atoms with Crippen LogP contribution in [0.3, 0.4) is 0 Å². The van der Waals surface area contributed by atoms with Crippen molar-refractivity contribution in [2.75, 3.05) is 44.9 Å². The van der Waals surface area contributed by atoms with Crippen LogP contribution in [0.4, 0.5) is 10.4 Å². The molecule has 1 saturated carbocycles. The van der Waals surface area contributed by atoms with Crippen molar-refractivity contribution in [1.82, 2.24) is 15.0 Å². The predicted octanol–water partition coefficient (Wildman–Crippen LogP) is 4.83. The van der Waals surface area contributed by atoms with Gasteiger partial charge in [0.2, 0.25) is 5.91 Å². The first-order valence-electron chi connectivity index (χ1n) is 14.2. The van der Waals surface area contributed by atoms with Crippen LogP contribution < -0.4 is 9.64 Å². The molecule has 2 aliphatic heterocycles. The molecule has 0 N–H and O–H groups in total. The number of piperidine rings is 1. The Morgan fingerprint density at radius 1 is 1.21 bits per heavy atom. The Labute approximate surface area is 224 Å². The number of anilines is 1. The number of nitrogens with zero attached hydrogens (tertiary/aromatic N) is 4. The lowest BCUT2D eigenvalue weighted by Crippen LogP contribution is -2.41. The van der Waals surface area contributed by atoms with Crippen LogP contribution in [-0.2, 0) is 16.0 Å². The molecule has 5 rings (SSSR count). The lowest BCUT2D eigenvalue weighted by molar-refractivity contribution is -0.132. The highest BCUT2D eigenvalue weighted by Crippen LogP contribution is 2.50. The van der Waals surface area contributed by atoms with E-state index in [0.717, 1.165) is 62.9 Å². The Hall–Kier alpha value is -2.68. The molecule has 2 aromatic rings. The van der Waals surface area contributed by atoms with E-state index in [4.69, 9.17) is 14.0 Å². The van der Waals surface area contributed by atoms with E-state index in [1.807, 2.05) is 0 Å². The summed E-state index contributed by atoms with van der Waals surface area (Å²) in [5.74, 6) is 3.30. The molecule has 38 heavy (non-hydrogen) atoms. The van der Waals surface area contributed by atoms with Gasteiger partial charge < -0.3 is 23.8 Å². The molecule has 1 aromatic heterocycles. The fraction of sp³-hybridized carbons (Fsp3) is 0.690. The first kappa shape index (κ1) is 26.9. The van der Waals surface area contributed by atoms with Crippen LogP contribution in [0, 0.1) is 23.6 Å². The summed E-state index contributed by atoms with van der Waals surface area (Å²) >= 11 is 0. The van der Waals surface area contributed by atoms with Gasteiger partial charge in [-0.1, -0.05) is 25.1 Å². The summed E-state index contributed by atoms with van der Waals surface area (Å²) in [6.07, 6.45) is 6.27. The van der Waals surface area contributed by atoms with E-state index < -0.39 is 0 Å². The van der Waals surface area contributed by atoms with Gasteiger partial charge in [-0.2, -0.15) is 4.98 Å². The molecule has 0 unspecified atom stereocenters. The van der Waals surface area contributed by atoms with E-state index in [0.29, 0.717) is 43.1 Å². The van der Waals surface area contributed by atoms with Crippen LogP contribution in [0.15, 0.2) is 22.7 Å². The van der Waals surface area contributed by atoms with Crippen molar-refractivity contribution in [3.8, 4) is 5.75 Å². The number of carbonyl (C=O) groups excluding carboxylic acids is 1. The first-order valence-corrected chi connectivity index (χ1v) is 14.2. The first-order chi connectivity index (χ1) is 18.4. The number of aromatic nitrogens is 2. The van der Waals surface area contributed by atoms with Gasteiger partial charge in [0.25, 0.3) is 0 Å². The molecule has 0 bridgehead atoms. The van der Waals surface area contributed by atoms with Crippen molar-refractivity contribution in [1.29, 1.82) is 0 Å². The third-order valence-corrected chi connectivity index (χ3v) is 8.60. The van der Waals surface area contributed by atoms with E-state index in [1.165, 1.54) is 12.5 Å². The van der Waals surface area contributed by atoms with Crippen molar-refractivity contribution in [2.45, 2.75) is 70.8 Å². The summed E-state index contributed by atoms with van der Waals surface area (Å²) in [6.45, 7) is 7.99. The van der Waals surface area contributed by atoms with Crippen LogP contribution in [0.2, 0.25) is 0 Å². The fourth-order valence-electron chi connectivity index (χ4n) is 5.94. The van der Waals surface area contributed by atoms with Crippen molar-refractivity contribution in [3.05, 3.63) is 35.4 Å².